The molecule has 0 bridgehead atoms. The van der Waals surface area contributed by atoms with E-state index in [1.807, 2.05) is 5.38 Å². The van der Waals surface area contributed by atoms with Crippen LogP contribution in [0.3, 0.4) is 0 Å². The molecule has 2 saturated heterocycles. The van der Waals surface area contributed by atoms with Crippen molar-refractivity contribution < 1.29 is 14.4 Å². The van der Waals surface area contributed by atoms with E-state index in [4.69, 9.17) is 0 Å². The molecule has 0 aliphatic carbocycles. The van der Waals surface area contributed by atoms with Gasteiger partial charge in [-0.1, -0.05) is 0 Å². The monoisotopic (exact) mass is 308 g/mol. The second-order valence-electron chi connectivity index (χ2n) is 5.26. The molecule has 21 heavy (non-hydrogen) atoms. The summed E-state index contributed by atoms with van der Waals surface area (Å²) >= 11 is 1.61. The third kappa shape index (κ3) is 3.05. The molecular formula is C13H16N4O3S. The Bertz CT molecular complexity index is 560. The third-order valence-corrected chi connectivity index (χ3v) is 4.71. The second-order valence-corrected chi connectivity index (χ2v) is 6.18. The van der Waals surface area contributed by atoms with Gasteiger partial charge in [-0.15, -0.1) is 11.3 Å². The van der Waals surface area contributed by atoms with Crippen molar-refractivity contribution in [1.82, 2.24) is 20.1 Å². The fourth-order valence-electron chi connectivity index (χ4n) is 2.72. The summed E-state index contributed by atoms with van der Waals surface area (Å²) in [7, 11) is 0. The summed E-state index contributed by atoms with van der Waals surface area (Å²) in [5.41, 5.74) is 0. The van der Waals surface area contributed by atoms with Crippen LogP contribution in [0.15, 0.2) is 11.6 Å². The Hall–Kier alpha value is -1.96. The molecule has 0 radical (unpaired) electrons. The van der Waals surface area contributed by atoms with Crippen LogP contribution in [0, 0.1) is 0 Å². The van der Waals surface area contributed by atoms with Gasteiger partial charge in [0.2, 0.25) is 11.8 Å². The molecule has 1 aromatic heterocycles. The highest BCUT2D eigenvalue weighted by atomic mass is 32.1. The van der Waals surface area contributed by atoms with Gasteiger partial charge >= 0.3 is 6.03 Å². The van der Waals surface area contributed by atoms with Crippen LogP contribution in [-0.4, -0.2) is 58.8 Å². The molecule has 3 heterocycles. The normalized spacial score (nSPS) is 22.6. The number of amides is 4. The molecule has 2 aliphatic rings. The predicted molar refractivity (Wildman–Crippen MR) is 75.8 cm³/mol. The van der Waals surface area contributed by atoms with Gasteiger partial charge in [-0.05, 0) is 12.8 Å². The summed E-state index contributed by atoms with van der Waals surface area (Å²) in [6.07, 6.45) is 3.74. The highest BCUT2D eigenvalue weighted by Gasteiger charge is 2.32. The highest BCUT2D eigenvalue weighted by molar-refractivity contribution is 7.09. The number of rotatable bonds is 3. The molecule has 1 aromatic rings. The Morgan fingerprint density at radius 1 is 1.48 bits per heavy atom. The van der Waals surface area contributed by atoms with Gasteiger partial charge in [0, 0.05) is 30.6 Å². The molecule has 2 fully saturated rings. The van der Waals surface area contributed by atoms with E-state index in [0.29, 0.717) is 13.1 Å². The highest BCUT2D eigenvalue weighted by Crippen LogP contribution is 2.28. The number of carbonyl (C=O) groups is 3. The number of carbonyl (C=O) groups excluding carboxylic acids is 3. The largest absolute Gasteiger partial charge is 0.340 e. The lowest BCUT2D eigenvalue weighted by Gasteiger charge is -2.32. The number of piperidine rings is 1. The van der Waals surface area contributed by atoms with E-state index in [1.165, 1.54) is 4.90 Å². The average molecular weight is 308 g/mol. The van der Waals surface area contributed by atoms with Crippen LogP contribution in [0.5, 0.6) is 0 Å². The zero-order chi connectivity index (χ0) is 14.8. The lowest BCUT2D eigenvalue weighted by molar-refractivity contribution is -0.132. The van der Waals surface area contributed by atoms with Crippen molar-refractivity contribution in [2.45, 2.75) is 18.8 Å². The van der Waals surface area contributed by atoms with Crippen molar-refractivity contribution in [2.24, 2.45) is 0 Å². The van der Waals surface area contributed by atoms with Crippen LogP contribution in [0.1, 0.15) is 23.8 Å². The molecule has 1 atom stereocenters. The summed E-state index contributed by atoms with van der Waals surface area (Å²) < 4.78 is 0. The van der Waals surface area contributed by atoms with E-state index in [-0.39, 0.29) is 30.8 Å². The predicted octanol–water partition coefficient (Wildman–Crippen LogP) is 0.401. The minimum atomic E-state index is -0.484. The van der Waals surface area contributed by atoms with Crippen molar-refractivity contribution in [1.29, 1.82) is 0 Å². The summed E-state index contributed by atoms with van der Waals surface area (Å²) in [5, 5.41) is 5.17. The number of aromatic nitrogens is 1. The van der Waals surface area contributed by atoms with Gasteiger partial charge in [-0.25, -0.2) is 9.78 Å². The van der Waals surface area contributed by atoms with E-state index < -0.39 is 6.03 Å². The van der Waals surface area contributed by atoms with Crippen LogP contribution < -0.4 is 5.32 Å². The molecule has 2 aliphatic heterocycles. The van der Waals surface area contributed by atoms with E-state index >= 15 is 0 Å². The topological polar surface area (TPSA) is 82.6 Å². The van der Waals surface area contributed by atoms with Crippen LogP contribution >= 0.6 is 11.3 Å². The number of imide groups is 1. The molecule has 4 amide bonds. The average Bonchev–Trinajstić information content (AvgIpc) is 3.09. The lowest BCUT2D eigenvalue weighted by Crippen LogP contribution is -2.45. The Morgan fingerprint density at radius 2 is 2.33 bits per heavy atom. The third-order valence-electron chi connectivity index (χ3n) is 3.77. The Balaban J connectivity index is 1.59. The zero-order valence-corrected chi connectivity index (χ0v) is 12.3. The molecular weight excluding hydrogens is 292 g/mol. The number of likely N-dealkylation sites (tertiary alicyclic amines) is 1. The standard InChI is InChI=1S/C13H16N4O3S/c18-10-7-17(13(20)15-10)8-11(19)16-4-1-2-9(6-16)12-14-3-5-21-12/h3,5,9H,1-2,4,6-8H2,(H,15,18,20)/t9-/m1/s1. The van der Waals surface area contributed by atoms with Gasteiger partial charge < -0.3 is 9.80 Å². The van der Waals surface area contributed by atoms with Crippen molar-refractivity contribution in [3.8, 4) is 0 Å². The first-order valence-corrected chi connectivity index (χ1v) is 7.77. The van der Waals surface area contributed by atoms with Gasteiger partial charge in [0.05, 0.1) is 5.01 Å². The second kappa shape index (κ2) is 5.80. The van der Waals surface area contributed by atoms with E-state index in [2.05, 4.69) is 10.3 Å². The first-order valence-electron chi connectivity index (χ1n) is 6.89. The van der Waals surface area contributed by atoms with Crippen molar-refractivity contribution in [2.75, 3.05) is 26.2 Å². The van der Waals surface area contributed by atoms with Gasteiger partial charge in [-0.2, -0.15) is 0 Å². The molecule has 0 aromatic carbocycles. The van der Waals surface area contributed by atoms with Crippen LogP contribution in [-0.2, 0) is 9.59 Å². The quantitative estimate of drug-likeness (QED) is 0.820. The maximum Gasteiger partial charge on any atom is 0.325 e. The first kappa shape index (κ1) is 14.0. The maximum absolute atomic E-state index is 12.3. The van der Waals surface area contributed by atoms with Gasteiger partial charge in [0.15, 0.2) is 0 Å². The van der Waals surface area contributed by atoms with Crippen molar-refractivity contribution >= 4 is 29.2 Å². The van der Waals surface area contributed by atoms with Crippen molar-refractivity contribution in [3.63, 3.8) is 0 Å². The number of urea groups is 1. The van der Waals surface area contributed by atoms with E-state index in [1.54, 1.807) is 22.4 Å². The van der Waals surface area contributed by atoms with Gasteiger partial charge in [-0.3, -0.25) is 14.9 Å². The Kier molecular flexibility index (Phi) is 3.87. The number of hydrogen-bond donors (Lipinski definition) is 1. The van der Waals surface area contributed by atoms with E-state index in [9.17, 15) is 14.4 Å². The fraction of sp³-hybridized carbons (Fsp3) is 0.538. The minimum Gasteiger partial charge on any atom is -0.340 e. The molecule has 0 spiro atoms. The maximum atomic E-state index is 12.3. The number of nitrogens with zero attached hydrogens (tertiary/aromatic N) is 3. The van der Waals surface area contributed by atoms with Crippen LogP contribution in [0.25, 0.3) is 0 Å². The summed E-state index contributed by atoms with van der Waals surface area (Å²) in [6.45, 7) is 1.26. The summed E-state index contributed by atoms with van der Waals surface area (Å²) in [5.74, 6) is -0.190. The summed E-state index contributed by atoms with van der Waals surface area (Å²) in [6, 6.07) is -0.484. The van der Waals surface area contributed by atoms with Crippen LogP contribution in [0.4, 0.5) is 4.79 Å². The van der Waals surface area contributed by atoms with Crippen LogP contribution in [0.2, 0.25) is 0 Å². The van der Waals surface area contributed by atoms with Gasteiger partial charge in [0.1, 0.15) is 13.1 Å². The fourth-order valence-corrected chi connectivity index (χ4v) is 3.48. The minimum absolute atomic E-state index is 0.0334. The zero-order valence-electron chi connectivity index (χ0n) is 11.4. The number of thiazole rings is 1. The lowest BCUT2D eigenvalue weighted by atomic mass is 9.98. The Labute approximate surface area is 125 Å². The number of nitrogens with one attached hydrogen (secondary N) is 1. The smallest absolute Gasteiger partial charge is 0.325 e. The van der Waals surface area contributed by atoms with Crippen molar-refractivity contribution in [3.05, 3.63) is 16.6 Å². The molecule has 8 heteroatoms. The molecule has 7 nitrogen and oxygen atoms in total. The molecule has 0 unspecified atom stereocenters. The first-order chi connectivity index (χ1) is 10.1. The summed E-state index contributed by atoms with van der Waals surface area (Å²) in [4.78, 5) is 42.2. The van der Waals surface area contributed by atoms with E-state index in [0.717, 1.165) is 17.8 Å². The molecule has 0 saturated carbocycles. The number of hydrogen-bond acceptors (Lipinski definition) is 5. The molecule has 3 rings (SSSR count). The molecule has 112 valence electrons. The van der Waals surface area contributed by atoms with Gasteiger partial charge in [0.25, 0.3) is 0 Å². The molecule has 1 N–H and O–H groups in total. The Morgan fingerprint density at radius 3 is 3.00 bits per heavy atom. The SMILES string of the molecule is O=C1CN(CC(=O)N2CCC[C@@H](c3nccs3)C2)C(=O)N1.